The average Bonchev–Trinajstić information content (AvgIpc) is 2.37. The minimum absolute atomic E-state index is 0.292. The predicted octanol–water partition coefficient (Wildman–Crippen LogP) is 3.86. The van der Waals surface area contributed by atoms with Crippen LogP contribution in [-0.4, -0.2) is 10.7 Å². The minimum Gasteiger partial charge on any atom is -0.377 e. The number of aliphatic hydroxyl groups is 1. The van der Waals surface area contributed by atoms with Crippen LogP contribution in [0.15, 0.2) is 30.3 Å². The Morgan fingerprint density at radius 1 is 1.21 bits per heavy atom. The molecular weight excluding hydrogens is 232 g/mol. The Kier molecular flexibility index (Phi) is 4.32. The van der Waals surface area contributed by atoms with Gasteiger partial charge in [-0.05, 0) is 36.8 Å². The van der Waals surface area contributed by atoms with Gasteiger partial charge in [-0.2, -0.15) is 0 Å². The molecule has 1 heteroatoms. The number of hydrogen-bond donors (Lipinski definition) is 1. The Morgan fingerprint density at radius 3 is 2.53 bits per heavy atom. The van der Waals surface area contributed by atoms with Gasteiger partial charge in [-0.25, -0.2) is 0 Å². The van der Waals surface area contributed by atoms with Gasteiger partial charge < -0.3 is 5.11 Å². The molecule has 0 aromatic heterocycles. The van der Waals surface area contributed by atoms with Crippen LogP contribution < -0.4 is 0 Å². The van der Waals surface area contributed by atoms with Crippen molar-refractivity contribution < 1.29 is 5.11 Å². The molecule has 1 aromatic rings. The van der Waals surface area contributed by atoms with Crippen molar-refractivity contribution in [2.75, 3.05) is 0 Å². The summed E-state index contributed by atoms with van der Waals surface area (Å²) >= 11 is 0. The maximum atomic E-state index is 11.0. The second-order valence-electron chi connectivity index (χ2n) is 6.28. The van der Waals surface area contributed by atoms with Crippen LogP contribution in [0, 0.1) is 29.6 Å². The van der Waals surface area contributed by atoms with Gasteiger partial charge in [0.15, 0.2) is 0 Å². The molecule has 1 fully saturated rings. The molecule has 19 heavy (non-hydrogen) atoms. The van der Waals surface area contributed by atoms with Crippen LogP contribution in [0.4, 0.5) is 0 Å². The average molecular weight is 256 g/mol. The first-order valence-electron chi connectivity index (χ1n) is 7.32. The second kappa shape index (κ2) is 5.80. The molecule has 102 valence electrons. The molecule has 0 bridgehead atoms. The van der Waals surface area contributed by atoms with Crippen LogP contribution >= 0.6 is 0 Å². The molecule has 0 radical (unpaired) electrons. The number of rotatable bonds is 1. The zero-order valence-electron chi connectivity index (χ0n) is 12.2. The quantitative estimate of drug-likeness (QED) is 0.756. The van der Waals surface area contributed by atoms with Crippen LogP contribution in [0.2, 0.25) is 0 Å². The fourth-order valence-corrected chi connectivity index (χ4v) is 3.22. The molecule has 2 rings (SSSR count). The van der Waals surface area contributed by atoms with E-state index in [1.54, 1.807) is 0 Å². The van der Waals surface area contributed by atoms with Crippen LogP contribution in [0.5, 0.6) is 0 Å². The Labute approximate surface area is 117 Å². The first-order valence-corrected chi connectivity index (χ1v) is 7.32. The van der Waals surface area contributed by atoms with Gasteiger partial charge in [-0.1, -0.05) is 57.2 Å². The van der Waals surface area contributed by atoms with E-state index in [1.807, 2.05) is 30.3 Å². The summed E-state index contributed by atoms with van der Waals surface area (Å²) < 4.78 is 0. The largest absolute Gasteiger partial charge is 0.377 e. The van der Waals surface area contributed by atoms with Crippen molar-refractivity contribution in [2.45, 2.75) is 45.6 Å². The molecule has 1 nitrogen and oxygen atoms in total. The van der Waals surface area contributed by atoms with Crippen molar-refractivity contribution in [3.63, 3.8) is 0 Å². The summed E-state index contributed by atoms with van der Waals surface area (Å²) in [5, 5.41) is 11.0. The molecule has 1 aliphatic carbocycles. The minimum atomic E-state index is -0.818. The van der Waals surface area contributed by atoms with Gasteiger partial charge in [-0.3, -0.25) is 0 Å². The highest BCUT2D eigenvalue weighted by atomic mass is 16.3. The molecule has 0 saturated heterocycles. The lowest BCUT2D eigenvalue weighted by Gasteiger charge is -2.41. The molecule has 0 spiro atoms. The number of benzene rings is 1. The van der Waals surface area contributed by atoms with Crippen molar-refractivity contribution in [2.24, 2.45) is 17.8 Å². The number of hydrogen-bond acceptors (Lipinski definition) is 1. The Balaban J connectivity index is 2.25. The summed E-state index contributed by atoms with van der Waals surface area (Å²) in [6.07, 6.45) is 3.09. The lowest BCUT2D eigenvalue weighted by atomic mass is 9.67. The zero-order valence-corrected chi connectivity index (χ0v) is 12.2. The van der Waals surface area contributed by atoms with E-state index in [9.17, 15) is 5.11 Å². The van der Waals surface area contributed by atoms with Gasteiger partial charge in [0.05, 0.1) is 0 Å². The van der Waals surface area contributed by atoms with Gasteiger partial charge in [-0.15, -0.1) is 0 Å². The van der Waals surface area contributed by atoms with Crippen molar-refractivity contribution in [3.8, 4) is 11.8 Å². The summed E-state index contributed by atoms with van der Waals surface area (Å²) in [6.45, 7) is 6.59. The summed E-state index contributed by atoms with van der Waals surface area (Å²) in [4.78, 5) is 0. The normalized spacial score (nSPS) is 30.8. The maximum absolute atomic E-state index is 11.0. The molecular formula is C18H24O. The topological polar surface area (TPSA) is 20.2 Å². The van der Waals surface area contributed by atoms with Gasteiger partial charge in [0.2, 0.25) is 0 Å². The summed E-state index contributed by atoms with van der Waals surface area (Å²) in [5.41, 5.74) is 0.165. The third-order valence-electron chi connectivity index (χ3n) is 4.25. The van der Waals surface area contributed by atoms with E-state index < -0.39 is 5.60 Å². The molecule has 3 atom stereocenters. The molecule has 0 amide bonds. The highest BCUT2D eigenvalue weighted by molar-refractivity contribution is 5.36. The van der Waals surface area contributed by atoms with E-state index >= 15 is 0 Å². The van der Waals surface area contributed by atoms with Crippen molar-refractivity contribution in [1.29, 1.82) is 0 Å². The van der Waals surface area contributed by atoms with Gasteiger partial charge in [0.25, 0.3) is 0 Å². The zero-order chi connectivity index (χ0) is 13.9. The maximum Gasteiger partial charge on any atom is 0.129 e. The summed E-state index contributed by atoms with van der Waals surface area (Å²) in [5.74, 6) is 7.67. The molecule has 1 aromatic carbocycles. The molecule has 1 saturated carbocycles. The Hall–Kier alpha value is -1.26. The molecule has 1 N–H and O–H groups in total. The van der Waals surface area contributed by atoms with Crippen molar-refractivity contribution in [1.82, 2.24) is 0 Å². The molecule has 0 unspecified atom stereocenters. The highest BCUT2D eigenvalue weighted by Crippen LogP contribution is 2.40. The van der Waals surface area contributed by atoms with E-state index in [0.29, 0.717) is 17.8 Å². The Bertz CT molecular complexity index is 465. The van der Waals surface area contributed by atoms with Crippen molar-refractivity contribution >= 4 is 0 Å². The summed E-state index contributed by atoms with van der Waals surface area (Å²) in [6, 6.07) is 9.94. The van der Waals surface area contributed by atoms with Crippen LogP contribution in [0.1, 0.15) is 45.6 Å². The van der Waals surface area contributed by atoms with E-state index in [2.05, 4.69) is 32.6 Å². The highest BCUT2D eigenvalue weighted by Gasteiger charge is 2.41. The van der Waals surface area contributed by atoms with Crippen molar-refractivity contribution in [3.05, 3.63) is 35.9 Å². The van der Waals surface area contributed by atoms with E-state index in [4.69, 9.17) is 0 Å². The Morgan fingerprint density at radius 2 is 1.89 bits per heavy atom. The van der Waals surface area contributed by atoms with Gasteiger partial charge >= 0.3 is 0 Å². The van der Waals surface area contributed by atoms with Crippen LogP contribution in [0.3, 0.4) is 0 Å². The SMILES string of the molecule is CC(C)[C@@H]1CC[C@@H](C)C[C@]1(O)C#Cc1ccccc1. The molecule has 0 aliphatic heterocycles. The molecule has 1 aliphatic rings. The fraction of sp³-hybridized carbons (Fsp3) is 0.556. The smallest absolute Gasteiger partial charge is 0.129 e. The van der Waals surface area contributed by atoms with Gasteiger partial charge in [0.1, 0.15) is 5.60 Å². The van der Waals surface area contributed by atoms with Crippen LogP contribution in [-0.2, 0) is 0 Å². The lowest BCUT2D eigenvalue weighted by molar-refractivity contribution is -0.0326. The van der Waals surface area contributed by atoms with Gasteiger partial charge in [0, 0.05) is 11.5 Å². The summed E-state index contributed by atoms with van der Waals surface area (Å²) in [7, 11) is 0. The third kappa shape index (κ3) is 3.39. The fourth-order valence-electron chi connectivity index (χ4n) is 3.22. The third-order valence-corrected chi connectivity index (χ3v) is 4.25. The second-order valence-corrected chi connectivity index (χ2v) is 6.28. The van der Waals surface area contributed by atoms with Crippen LogP contribution in [0.25, 0.3) is 0 Å². The first kappa shape index (κ1) is 14.2. The van der Waals surface area contributed by atoms with E-state index in [-0.39, 0.29) is 0 Å². The monoisotopic (exact) mass is 256 g/mol. The first-order chi connectivity index (χ1) is 9.01. The lowest BCUT2D eigenvalue weighted by Crippen LogP contribution is -2.44. The predicted molar refractivity (Wildman–Crippen MR) is 79.6 cm³/mol. The van der Waals surface area contributed by atoms with E-state index in [0.717, 1.165) is 18.4 Å². The standard InChI is InChI=1S/C18H24O/c1-14(2)17-10-9-15(3)13-18(17,19)12-11-16-7-5-4-6-8-16/h4-8,14-15,17,19H,9-10,13H2,1-3H3/t15-,17+,18-/m1/s1. The molecule has 0 heterocycles. The van der Waals surface area contributed by atoms with E-state index in [1.165, 1.54) is 6.42 Å².